The Morgan fingerprint density at radius 1 is 1.30 bits per heavy atom. The van der Waals surface area contributed by atoms with Crippen molar-refractivity contribution in [2.45, 2.75) is 0 Å². The summed E-state index contributed by atoms with van der Waals surface area (Å²) in [7, 11) is 0. The normalized spacial score (nSPS) is 6.80. The van der Waals surface area contributed by atoms with Gasteiger partial charge in [0.2, 0.25) is 6.08 Å². The van der Waals surface area contributed by atoms with Crippen LogP contribution in [-0.2, 0) is 4.79 Å². The first kappa shape index (κ1) is 8.40. The van der Waals surface area contributed by atoms with Gasteiger partial charge in [-0.1, -0.05) is 18.2 Å². The average Bonchev–Trinajstić information content (AvgIpc) is 1.91. The van der Waals surface area contributed by atoms with E-state index in [1.165, 1.54) is 0 Å². The summed E-state index contributed by atoms with van der Waals surface area (Å²) in [5.41, 5.74) is 0. The zero-order valence-electron chi connectivity index (χ0n) is 5.24. The third-order valence-electron chi connectivity index (χ3n) is 0.756. The van der Waals surface area contributed by atoms with Crippen molar-refractivity contribution in [3.05, 3.63) is 30.3 Å². The van der Waals surface area contributed by atoms with Gasteiger partial charge in [-0.15, -0.1) is 0 Å². The molecular formula is C7H7NO2. The fraction of sp³-hybridized carbons (Fsp3) is 0. The SMILES string of the molecule is N=C=O.Oc1ccccc1. The summed E-state index contributed by atoms with van der Waals surface area (Å²) in [4.78, 5) is 8.35. The maximum atomic E-state index is 8.63. The maximum absolute atomic E-state index is 8.63. The van der Waals surface area contributed by atoms with Crippen LogP contribution < -0.4 is 0 Å². The molecule has 3 heteroatoms. The second-order valence-corrected chi connectivity index (χ2v) is 1.44. The number of phenols is 1. The van der Waals surface area contributed by atoms with Gasteiger partial charge in [-0.3, -0.25) is 0 Å². The molecule has 10 heavy (non-hydrogen) atoms. The molecule has 3 nitrogen and oxygen atoms in total. The molecule has 52 valence electrons. The summed E-state index contributed by atoms with van der Waals surface area (Å²) < 4.78 is 0. The lowest BCUT2D eigenvalue weighted by Crippen LogP contribution is -1.56. The number of carbonyl (C=O) groups excluding carboxylic acids is 1. The molecule has 1 aromatic carbocycles. The molecule has 0 bridgehead atoms. The Bertz CT molecular complexity index is 202. The van der Waals surface area contributed by atoms with Crippen molar-refractivity contribution in [1.82, 2.24) is 0 Å². The first-order valence-electron chi connectivity index (χ1n) is 2.59. The van der Waals surface area contributed by atoms with E-state index in [9.17, 15) is 0 Å². The molecule has 0 aromatic heterocycles. The number of isocyanates is 1. The molecule has 0 aliphatic rings. The maximum Gasteiger partial charge on any atom is 0.231 e. The van der Waals surface area contributed by atoms with Crippen molar-refractivity contribution < 1.29 is 9.90 Å². The minimum atomic E-state index is 0.322. The molecule has 0 aliphatic carbocycles. The van der Waals surface area contributed by atoms with Crippen LogP contribution in [0.1, 0.15) is 0 Å². The third kappa shape index (κ3) is 4.56. The quantitative estimate of drug-likeness (QED) is 0.418. The zero-order valence-corrected chi connectivity index (χ0v) is 5.24. The number of phenolic OH excluding ortho intramolecular Hbond substituents is 1. The van der Waals surface area contributed by atoms with Crippen LogP contribution in [0.25, 0.3) is 0 Å². The van der Waals surface area contributed by atoms with Gasteiger partial charge in [-0.05, 0) is 12.1 Å². The highest BCUT2D eigenvalue weighted by Gasteiger charge is 1.74. The highest BCUT2D eigenvalue weighted by Crippen LogP contribution is 2.02. The lowest BCUT2D eigenvalue weighted by atomic mass is 10.3. The number of hydrogen-bond donors (Lipinski definition) is 2. The fourth-order valence-electron chi connectivity index (χ4n) is 0.428. The van der Waals surface area contributed by atoms with Crippen molar-refractivity contribution in [1.29, 1.82) is 5.41 Å². The van der Waals surface area contributed by atoms with E-state index in [0.29, 0.717) is 5.75 Å². The number of hydrogen-bond acceptors (Lipinski definition) is 3. The molecule has 2 N–H and O–H groups in total. The van der Waals surface area contributed by atoms with E-state index in [1.807, 2.05) is 6.07 Å². The van der Waals surface area contributed by atoms with Gasteiger partial charge in [-0.25, -0.2) is 10.2 Å². The lowest BCUT2D eigenvalue weighted by molar-refractivity contribution is 0.475. The van der Waals surface area contributed by atoms with Crippen molar-refractivity contribution in [3.63, 3.8) is 0 Å². The Balaban J connectivity index is 0.000000236. The average molecular weight is 137 g/mol. The minimum Gasteiger partial charge on any atom is -0.508 e. The molecular weight excluding hydrogens is 130 g/mol. The van der Waals surface area contributed by atoms with Gasteiger partial charge in [0.05, 0.1) is 0 Å². The summed E-state index contributed by atoms with van der Waals surface area (Å²) in [5.74, 6) is 0.322. The van der Waals surface area contributed by atoms with Crippen molar-refractivity contribution in [2.24, 2.45) is 0 Å². The molecule has 0 atom stereocenters. The molecule has 0 unspecified atom stereocenters. The van der Waals surface area contributed by atoms with Crippen LogP contribution in [0, 0.1) is 5.41 Å². The van der Waals surface area contributed by atoms with Crippen LogP contribution in [0.2, 0.25) is 0 Å². The van der Waals surface area contributed by atoms with E-state index in [-0.39, 0.29) is 0 Å². The van der Waals surface area contributed by atoms with Crippen LogP contribution in [0.5, 0.6) is 5.75 Å². The number of para-hydroxylation sites is 1. The minimum absolute atomic E-state index is 0.322. The van der Waals surface area contributed by atoms with Crippen molar-refractivity contribution in [3.8, 4) is 5.75 Å². The molecule has 0 aliphatic heterocycles. The molecule has 0 radical (unpaired) electrons. The highest BCUT2D eigenvalue weighted by molar-refractivity contribution is 5.26. The van der Waals surface area contributed by atoms with Crippen LogP contribution in [0.15, 0.2) is 30.3 Å². The fourth-order valence-corrected chi connectivity index (χ4v) is 0.428. The summed E-state index contributed by atoms with van der Waals surface area (Å²) in [5, 5.41) is 14.0. The smallest absolute Gasteiger partial charge is 0.231 e. The monoisotopic (exact) mass is 137 g/mol. The van der Waals surface area contributed by atoms with Gasteiger partial charge in [0.1, 0.15) is 5.75 Å². The van der Waals surface area contributed by atoms with Crippen LogP contribution >= 0.6 is 0 Å². The van der Waals surface area contributed by atoms with E-state index in [0.717, 1.165) is 6.08 Å². The van der Waals surface area contributed by atoms with E-state index in [1.54, 1.807) is 24.3 Å². The number of benzene rings is 1. The predicted molar refractivity (Wildman–Crippen MR) is 36.5 cm³/mol. The van der Waals surface area contributed by atoms with Crippen molar-refractivity contribution >= 4 is 6.08 Å². The standard InChI is InChI=1S/C6H6O.CHNO/c7-6-4-2-1-3-5-6;2-1-3/h1-5,7H;2H. The summed E-state index contributed by atoms with van der Waals surface area (Å²) in [6, 6.07) is 8.71. The Labute approximate surface area is 58.4 Å². The summed E-state index contributed by atoms with van der Waals surface area (Å²) in [6.45, 7) is 0. The van der Waals surface area contributed by atoms with Crippen LogP contribution in [0.4, 0.5) is 0 Å². The highest BCUT2D eigenvalue weighted by atomic mass is 16.3. The first-order chi connectivity index (χ1) is 4.81. The summed E-state index contributed by atoms with van der Waals surface area (Å²) in [6.07, 6.45) is 0.750. The molecule has 0 saturated carbocycles. The first-order valence-corrected chi connectivity index (χ1v) is 2.59. The van der Waals surface area contributed by atoms with Gasteiger partial charge < -0.3 is 5.11 Å². The molecule has 0 amide bonds. The van der Waals surface area contributed by atoms with E-state index >= 15 is 0 Å². The largest absolute Gasteiger partial charge is 0.508 e. The van der Waals surface area contributed by atoms with Gasteiger partial charge >= 0.3 is 0 Å². The molecule has 0 heterocycles. The van der Waals surface area contributed by atoms with E-state index < -0.39 is 0 Å². The van der Waals surface area contributed by atoms with Crippen LogP contribution in [0.3, 0.4) is 0 Å². The topological polar surface area (TPSA) is 61.2 Å². The number of aromatic hydroxyl groups is 1. The Hall–Kier alpha value is -1.60. The molecule has 0 spiro atoms. The molecule has 0 fully saturated rings. The second-order valence-electron chi connectivity index (χ2n) is 1.44. The van der Waals surface area contributed by atoms with E-state index in [2.05, 4.69) is 0 Å². The Kier molecular flexibility index (Phi) is 4.65. The molecule has 1 rings (SSSR count). The molecule has 1 aromatic rings. The molecule has 0 saturated heterocycles. The number of nitrogens with one attached hydrogen (secondary N) is 1. The summed E-state index contributed by atoms with van der Waals surface area (Å²) >= 11 is 0. The van der Waals surface area contributed by atoms with Gasteiger partial charge in [-0.2, -0.15) is 0 Å². The lowest BCUT2D eigenvalue weighted by Gasteiger charge is -1.82. The third-order valence-corrected chi connectivity index (χ3v) is 0.756. The zero-order chi connectivity index (χ0) is 7.82. The van der Waals surface area contributed by atoms with Gasteiger partial charge in [0.15, 0.2) is 0 Å². The van der Waals surface area contributed by atoms with Crippen LogP contribution in [-0.4, -0.2) is 11.2 Å². The van der Waals surface area contributed by atoms with E-state index in [4.69, 9.17) is 15.3 Å². The predicted octanol–water partition coefficient (Wildman–Crippen LogP) is 1.29. The van der Waals surface area contributed by atoms with Gasteiger partial charge in [0, 0.05) is 0 Å². The van der Waals surface area contributed by atoms with Crippen molar-refractivity contribution in [2.75, 3.05) is 0 Å². The van der Waals surface area contributed by atoms with Gasteiger partial charge in [0.25, 0.3) is 0 Å². The number of rotatable bonds is 0. The second kappa shape index (κ2) is 5.54. The Morgan fingerprint density at radius 3 is 1.90 bits per heavy atom. The Morgan fingerprint density at radius 2 is 1.70 bits per heavy atom.